The summed E-state index contributed by atoms with van der Waals surface area (Å²) in [5.41, 5.74) is 0. The summed E-state index contributed by atoms with van der Waals surface area (Å²) in [5, 5.41) is 23.2. The van der Waals surface area contributed by atoms with Crippen LogP contribution in [0.15, 0.2) is 0 Å². The first-order valence-corrected chi connectivity index (χ1v) is 3.39. The van der Waals surface area contributed by atoms with Crippen molar-refractivity contribution in [3.05, 3.63) is 0 Å². The molecule has 0 bridgehead atoms. The zero-order chi connectivity index (χ0) is 8.41. The van der Waals surface area contributed by atoms with Crippen LogP contribution in [0.25, 0.3) is 0 Å². The molecule has 0 aliphatic carbocycles. The molecule has 0 amide bonds. The smallest absolute Gasteiger partial charge is 0.451 e. The van der Waals surface area contributed by atoms with Crippen LogP contribution in [0.5, 0.6) is 0 Å². The van der Waals surface area contributed by atoms with Crippen LogP contribution in [-0.4, -0.2) is 30.2 Å². The standard InChI is InChI=1S/C5H13BO2.BHO/c1-2-3-4-5-6(7)8;1-2/h7-8H,2-5H2,1H3;2H. The highest BCUT2D eigenvalue weighted by atomic mass is 16.4. The van der Waals surface area contributed by atoms with Gasteiger partial charge in [-0.05, 0) is 6.32 Å². The fraction of sp³-hybridized carbons (Fsp3) is 1.00. The Morgan fingerprint density at radius 2 is 1.70 bits per heavy atom. The van der Waals surface area contributed by atoms with Gasteiger partial charge in [0.2, 0.25) is 0 Å². The van der Waals surface area contributed by atoms with Gasteiger partial charge in [0.15, 0.2) is 0 Å². The molecule has 58 valence electrons. The lowest BCUT2D eigenvalue weighted by atomic mass is 9.84. The Morgan fingerprint density at radius 1 is 1.20 bits per heavy atom. The quantitative estimate of drug-likeness (QED) is 0.375. The van der Waals surface area contributed by atoms with Gasteiger partial charge in [0.05, 0.1) is 0 Å². The summed E-state index contributed by atoms with van der Waals surface area (Å²) in [4.78, 5) is 0. The molecule has 3 nitrogen and oxygen atoms in total. The van der Waals surface area contributed by atoms with Crippen molar-refractivity contribution in [3.63, 3.8) is 0 Å². The molecule has 0 aromatic heterocycles. The Bertz CT molecular complexity index is 52.2. The fourth-order valence-electron chi connectivity index (χ4n) is 0.577. The van der Waals surface area contributed by atoms with E-state index >= 15 is 0 Å². The van der Waals surface area contributed by atoms with Crippen molar-refractivity contribution in [1.29, 1.82) is 0 Å². The van der Waals surface area contributed by atoms with Crippen molar-refractivity contribution in [3.8, 4) is 0 Å². The van der Waals surface area contributed by atoms with E-state index < -0.39 is 7.12 Å². The maximum Gasteiger partial charge on any atom is 0.451 e. The summed E-state index contributed by atoms with van der Waals surface area (Å²) in [5.74, 6) is 0. The van der Waals surface area contributed by atoms with Crippen molar-refractivity contribution in [2.24, 2.45) is 0 Å². The topological polar surface area (TPSA) is 60.7 Å². The van der Waals surface area contributed by atoms with Crippen LogP contribution in [0, 0.1) is 0 Å². The van der Waals surface area contributed by atoms with Crippen LogP contribution in [0.2, 0.25) is 6.32 Å². The minimum atomic E-state index is -1.10. The van der Waals surface area contributed by atoms with E-state index in [0.29, 0.717) is 6.32 Å². The summed E-state index contributed by atoms with van der Waals surface area (Å²) < 4.78 is 0. The molecule has 0 heterocycles. The average Bonchev–Trinajstić information content (AvgIpc) is 1.92. The van der Waals surface area contributed by atoms with Crippen molar-refractivity contribution >= 4 is 15.2 Å². The summed E-state index contributed by atoms with van der Waals surface area (Å²) in [7, 11) is 2.40. The molecule has 0 atom stereocenters. The summed E-state index contributed by atoms with van der Waals surface area (Å²) in [6, 6.07) is 0. The van der Waals surface area contributed by atoms with E-state index in [9.17, 15) is 0 Å². The van der Waals surface area contributed by atoms with E-state index in [1.54, 1.807) is 0 Å². The number of rotatable bonds is 4. The highest BCUT2D eigenvalue weighted by Gasteiger charge is 2.03. The van der Waals surface area contributed by atoms with Gasteiger partial charge in [-0.1, -0.05) is 26.2 Å². The molecule has 5 heteroatoms. The zero-order valence-corrected chi connectivity index (χ0v) is 6.32. The molecule has 0 spiro atoms. The monoisotopic (exact) mass is 144 g/mol. The second-order valence-electron chi connectivity index (χ2n) is 1.98. The summed E-state index contributed by atoms with van der Waals surface area (Å²) in [6.45, 7) is 2.09. The van der Waals surface area contributed by atoms with Crippen LogP contribution in [0.4, 0.5) is 0 Å². The predicted molar refractivity (Wildman–Crippen MR) is 42.5 cm³/mol. The number of unbranched alkanes of at least 4 members (excludes halogenated alkanes) is 2. The van der Waals surface area contributed by atoms with Crippen molar-refractivity contribution < 1.29 is 15.1 Å². The molecule has 0 aromatic carbocycles. The van der Waals surface area contributed by atoms with Crippen LogP contribution in [0.1, 0.15) is 26.2 Å². The third-order valence-electron chi connectivity index (χ3n) is 1.07. The molecule has 0 aliphatic rings. The van der Waals surface area contributed by atoms with Gasteiger partial charge in [-0.15, -0.1) is 0 Å². The van der Waals surface area contributed by atoms with Gasteiger partial charge >= 0.3 is 7.12 Å². The predicted octanol–water partition coefficient (Wildman–Crippen LogP) is -0.288. The Morgan fingerprint density at radius 3 is 2.00 bits per heavy atom. The molecule has 3 N–H and O–H groups in total. The lowest BCUT2D eigenvalue weighted by Crippen LogP contribution is -2.09. The molecular weight excluding hydrogens is 130 g/mol. The maximum absolute atomic E-state index is 8.33. The van der Waals surface area contributed by atoms with Crippen LogP contribution in [0.3, 0.4) is 0 Å². The minimum absolute atomic E-state index is 0.522. The van der Waals surface area contributed by atoms with Gasteiger partial charge < -0.3 is 15.1 Å². The van der Waals surface area contributed by atoms with Crippen LogP contribution >= 0.6 is 0 Å². The third-order valence-corrected chi connectivity index (χ3v) is 1.07. The van der Waals surface area contributed by atoms with Gasteiger partial charge in [-0.3, -0.25) is 0 Å². The second kappa shape index (κ2) is 11.8. The van der Waals surface area contributed by atoms with Crippen molar-refractivity contribution in [1.82, 2.24) is 0 Å². The Labute approximate surface area is 63.7 Å². The lowest BCUT2D eigenvalue weighted by molar-refractivity contribution is 0.402. The second-order valence-corrected chi connectivity index (χ2v) is 1.98. The molecule has 0 rings (SSSR count). The molecule has 0 aliphatic heterocycles. The van der Waals surface area contributed by atoms with Gasteiger partial charge in [-0.2, -0.15) is 0 Å². The van der Waals surface area contributed by atoms with E-state index in [1.807, 2.05) is 0 Å². The summed E-state index contributed by atoms with van der Waals surface area (Å²) >= 11 is 0. The normalized spacial score (nSPS) is 8.00. The van der Waals surface area contributed by atoms with E-state index in [1.165, 1.54) is 0 Å². The lowest BCUT2D eigenvalue weighted by Gasteiger charge is -1.94. The SMILES string of the molecule is CCCCCB(O)O.[B]O. The molecule has 2 radical (unpaired) electrons. The van der Waals surface area contributed by atoms with Crippen LogP contribution < -0.4 is 0 Å². The average molecular weight is 144 g/mol. The largest absolute Gasteiger partial charge is 0.461 e. The Kier molecular flexibility index (Phi) is 14.9. The molecule has 0 saturated heterocycles. The molecule has 0 aromatic rings. The molecule has 0 fully saturated rings. The van der Waals surface area contributed by atoms with E-state index in [4.69, 9.17) is 15.1 Å². The van der Waals surface area contributed by atoms with E-state index in [0.717, 1.165) is 19.3 Å². The number of hydrogen-bond acceptors (Lipinski definition) is 3. The first-order chi connectivity index (χ1) is 4.77. The molecule has 0 unspecified atom stereocenters. The zero-order valence-electron chi connectivity index (χ0n) is 6.32. The third kappa shape index (κ3) is 15.7. The highest BCUT2D eigenvalue weighted by Crippen LogP contribution is 1.99. The maximum atomic E-state index is 8.33. The van der Waals surface area contributed by atoms with Gasteiger partial charge in [0, 0.05) is 0 Å². The molecular formula is C5H14B2O3. The highest BCUT2D eigenvalue weighted by molar-refractivity contribution is 6.40. The van der Waals surface area contributed by atoms with Gasteiger partial charge in [0.1, 0.15) is 0 Å². The van der Waals surface area contributed by atoms with Crippen molar-refractivity contribution in [2.75, 3.05) is 0 Å². The summed E-state index contributed by atoms with van der Waals surface area (Å²) in [6.07, 6.45) is 3.67. The van der Waals surface area contributed by atoms with Crippen LogP contribution in [-0.2, 0) is 0 Å². The van der Waals surface area contributed by atoms with E-state index in [2.05, 4.69) is 15.0 Å². The van der Waals surface area contributed by atoms with Gasteiger partial charge in [-0.25, -0.2) is 0 Å². The van der Waals surface area contributed by atoms with Gasteiger partial charge in [0.25, 0.3) is 8.05 Å². The van der Waals surface area contributed by atoms with E-state index in [-0.39, 0.29) is 0 Å². The first kappa shape index (κ1) is 12.7. The first-order valence-electron chi connectivity index (χ1n) is 3.39. The Balaban J connectivity index is 0. The Hall–Kier alpha value is 0.00987. The fourth-order valence-corrected chi connectivity index (χ4v) is 0.577. The molecule has 0 saturated carbocycles. The minimum Gasteiger partial charge on any atom is -0.461 e. The molecule has 10 heavy (non-hydrogen) atoms. The number of hydrogen-bond donors (Lipinski definition) is 3. The van der Waals surface area contributed by atoms with Crippen molar-refractivity contribution in [2.45, 2.75) is 32.5 Å².